The lowest BCUT2D eigenvalue weighted by Crippen LogP contribution is -2.50. The minimum atomic E-state index is -0.117. The van der Waals surface area contributed by atoms with Crippen molar-refractivity contribution in [3.05, 3.63) is 42.1 Å². The number of benzene rings is 1. The van der Waals surface area contributed by atoms with Crippen LogP contribution >= 0.6 is 0 Å². The van der Waals surface area contributed by atoms with E-state index in [1.54, 1.807) is 17.2 Å². The fraction of sp³-hybridized carbons (Fsp3) is 0.214. The minimum Gasteiger partial charge on any atom is -0.353 e. The van der Waals surface area contributed by atoms with Gasteiger partial charge < -0.3 is 10.2 Å². The Morgan fingerprint density at radius 2 is 2.11 bits per heavy atom. The van der Waals surface area contributed by atoms with Gasteiger partial charge in [-0.1, -0.05) is 18.2 Å². The average Bonchev–Trinajstić information content (AvgIpc) is 2.46. The van der Waals surface area contributed by atoms with Crippen molar-refractivity contribution < 1.29 is 9.59 Å². The molecular weight excluding hydrogens is 242 g/mol. The van der Waals surface area contributed by atoms with Gasteiger partial charge in [0.15, 0.2) is 0 Å². The molecule has 1 aromatic carbocycles. The molecule has 19 heavy (non-hydrogen) atoms. The molecule has 0 unspecified atom stereocenters. The van der Waals surface area contributed by atoms with Gasteiger partial charge in [-0.2, -0.15) is 0 Å². The summed E-state index contributed by atoms with van der Waals surface area (Å²) in [6.07, 6.45) is 1.62. The average molecular weight is 255 g/mol. The zero-order valence-corrected chi connectivity index (χ0v) is 10.3. The van der Waals surface area contributed by atoms with Crippen molar-refractivity contribution in [1.82, 2.24) is 15.2 Å². The summed E-state index contributed by atoms with van der Waals surface area (Å²) in [5.74, 6) is -0.230. The molecule has 0 saturated carbocycles. The Morgan fingerprint density at radius 1 is 1.26 bits per heavy atom. The van der Waals surface area contributed by atoms with Crippen LogP contribution in [-0.2, 0) is 4.79 Å². The number of carbonyl (C=O) groups excluding carboxylic acids is 2. The molecule has 1 aliphatic rings. The molecule has 1 N–H and O–H groups in total. The van der Waals surface area contributed by atoms with Crippen LogP contribution in [0.1, 0.15) is 10.4 Å². The van der Waals surface area contributed by atoms with Gasteiger partial charge in [0.05, 0.1) is 17.6 Å². The molecule has 0 aliphatic carbocycles. The van der Waals surface area contributed by atoms with E-state index in [2.05, 4.69) is 10.3 Å². The third kappa shape index (κ3) is 2.14. The Bertz CT molecular complexity index is 649. The summed E-state index contributed by atoms with van der Waals surface area (Å²) < 4.78 is 0. The highest BCUT2D eigenvalue weighted by atomic mass is 16.2. The van der Waals surface area contributed by atoms with E-state index in [4.69, 9.17) is 0 Å². The molecule has 2 heterocycles. The first-order valence-electron chi connectivity index (χ1n) is 6.15. The summed E-state index contributed by atoms with van der Waals surface area (Å²) >= 11 is 0. The van der Waals surface area contributed by atoms with E-state index >= 15 is 0 Å². The van der Waals surface area contributed by atoms with Gasteiger partial charge in [-0.3, -0.25) is 14.6 Å². The molecule has 5 nitrogen and oxygen atoms in total. The van der Waals surface area contributed by atoms with Crippen LogP contribution in [0.2, 0.25) is 0 Å². The molecule has 0 radical (unpaired) electrons. The van der Waals surface area contributed by atoms with Crippen LogP contribution in [-0.4, -0.2) is 41.3 Å². The predicted molar refractivity (Wildman–Crippen MR) is 70.7 cm³/mol. The zero-order valence-electron chi connectivity index (χ0n) is 10.3. The van der Waals surface area contributed by atoms with Gasteiger partial charge in [0, 0.05) is 24.7 Å². The number of nitrogens with zero attached hydrogens (tertiary/aromatic N) is 2. The zero-order chi connectivity index (χ0) is 13.2. The Morgan fingerprint density at radius 3 is 2.95 bits per heavy atom. The molecule has 2 amide bonds. The Balaban J connectivity index is 1.99. The van der Waals surface area contributed by atoms with Crippen molar-refractivity contribution in [1.29, 1.82) is 0 Å². The maximum absolute atomic E-state index is 12.5. The van der Waals surface area contributed by atoms with E-state index in [0.717, 1.165) is 10.9 Å². The van der Waals surface area contributed by atoms with Gasteiger partial charge in [-0.25, -0.2) is 0 Å². The quantitative estimate of drug-likeness (QED) is 0.820. The number of piperazine rings is 1. The molecule has 0 atom stereocenters. The van der Waals surface area contributed by atoms with Gasteiger partial charge in [0.25, 0.3) is 5.91 Å². The van der Waals surface area contributed by atoms with Crippen molar-refractivity contribution >= 4 is 22.7 Å². The highest BCUT2D eigenvalue weighted by molar-refractivity contribution is 6.07. The first-order valence-corrected chi connectivity index (χ1v) is 6.15. The van der Waals surface area contributed by atoms with Crippen LogP contribution < -0.4 is 5.32 Å². The molecule has 96 valence electrons. The standard InChI is InChI=1S/C14H13N3O2/c18-13-9-17(8-7-16-13)14(19)11-5-6-15-12-4-2-1-3-10(11)12/h1-6H,7-9H2,(H,16,18). The molecule has 1 aromatic heterocycles. The minimum absolute atomic E-state index is 0.113. The number of nitrogens with one attached hydrogen (secondary N) is 1. The number of amides is 2. The molecular formula is C14H13N3O2. The fourth-order valence-corrected chi connectivity index (χ4v) is 2.26. The Hall–Kier alpha value is -2.43. The van der Waals surface area contributed by atoms with E-state index < -0.39 is 0 Å². The smallest absolute Gasteiger partial charge is 0.255 e. The lowest BCUT2D eigenvalue weighted by Gasteiger charge is -2.27. The molecule has 3 rings (SSSR count). The van der Waals surface area contributed by atoms with Crippen LogP contribution in [0, 0.1) is 0 Å². The van der Waals surface area contributed by atoms with Crippen molar-refractivity contribution in [2.75, 3.05) is 19.6 Å². The van der Waals surface area contributed by atoms with Crippen molar-refractivity contribution in [3.8, 4) is 0 Å². The first kappa shape index (κ1) is 11.6. The first-order chi connectivity index (χ1) is 9.25. The Kier molecular flexibility index (Phi) is 2.87. The van der Waals surface area contributed by atoms with Crippen LogP contribution in [0.25, 0.3) is 10.9 Å². The normalized spacial score (nSPS) is 15.4. The lowest BCUT2D eigenvalue weighted by atomic mass is 10.1. The van der Waals surface area contributed by atoms with E-state index in [0.29, 0.717) is 18.7 Å². The second kappa shape index (κ2) is 4.68. The number of fused-ring (bicyclic) bond motifs is 1. The van der Waals surface area contributed by atoms with Crippen LogP contribution in [0.5, 0.6) is 0 Å². The fourth-order valence-electron chi connectivity index (χ4n) is 2.26. The number of pyridine rings is 1. The number of carbonyl (C=O) groups is 2. The van der Waals surface area contributed by atoms with Gasteiger partial charge in [-0.05, 0) is 12.1 Å². The molecule has 0 spiro atoms. The number of hydrogen-bond acceptors (Lipinski definition) is 3. The monoisotopic (exact) mass is 255 g/mol. The maximum Gasteiger partial charge on any atom is 0.255 e. The largest absolute Gasteiger partial charge is 0.353 e. The number of aromatic nitrogens is 1. The maximum atomic E-state index is 12.5. The van der Waals surface area contributed by atoms with Crippen LogP contribution in [0.4, 0.5) is 0 Å². The van der Waals surface area contributed by atoms with Crippen LogP contribution in [0.15, 0.2) is 36.5 Å². The number of hydrogen-bond donors (Lipinski definition) is 1. The summed E-state index contributed by atoms with van der Waals surface area (Å²) in [4.78, 5) is 29.6. The highest BCUT2D eigenvalue weighted by Crippen LogP contribution is 2.18. The molecule has 5 heteroatoms. The van der Waals surface area contributed by atoms with Crippen molar-refractivity contribution in [2.45, 2.75) is 0 Å². The highest BCUT2D eigenvalue weighted by Gasteiger charge is 2.23. The predicted octanol–water partition coefficient (Wildman–Crippen LogP) is 0.807. The molecule has 0 bridgehead atoms. The Labute approximate surface area is 110 Å². The summed E-state index contributed by atoms with van der Waals surface area (Å²) in [5, 5.41) is 3.53. The topological polar surface area (TPSA) is 62.3 Å². The SMILES string of the molecule is O=C1CN(C(=O)c2ccnc3ccccc23)CCN1. The van der Waals surface area contributed by atoms with Crippen LogP contribution in [0.3, 0.4) is 0 Å². The van der Waals surface area contributed by atoms with E-state index in [-0.39, 0.29) is 18.4 Å². The van der Waals surface area contributed by atoms with Gasteiger partial charge in [-0.15, -0.1) is 0 Å². The number of rotatable bonds is 1. The van der Waals surface area contributed by atoms with Crippen molar-refractivity contribution in [3.63, 3.8) is 0 Å². The second-order valence-electron chi connectivity index (χ2n) is 4.45. The number of para-hydroxylation sites is 1. The van der Waals surface area contributed by atoms with E-state index in [1.807, 2.05) is 24.3 Å². The summed E-state index contributed by atoms with van der Waals surface area (Å²) in [7, 11) is 0. The summed E-state index contributed by atoms with van der Waals surface area (Å²) in [5.41, 5.74) is 1.38. The van der Waals surface area contributed by atoms with Gasteiger partial charge >= 0.3 is 0 Å². The molecule has 2 aromatic rings. The molecule has 1 fully saturated rings. The summed E-state index contributed by atoms with van der Waals surface area (Å²) in [6, 6.07) is 9.22. The second-order valence-corrected chi connectivity index (χ2v) is 4.45. The summed E-state index contributed by atoms with van der Waals surface area (Å²) in [6.45, 7) is 1.17. The third-order valence-corrected chi connectivity index (χ3v) is 3.21. The third-order valence-electron chi connectivity index (χ3n) is 3.21. The molecule has 1 saturated heterocycles. The lowest BCUT2D eigenvalue weighted by molar-refractivity contribution is -0.123. The van der Waals surface area contributed by atoms with Crippen molar-refractivity contribution in [2.24, 2.45) is 0 Å². The van der Waals surface area contributed by atoms with E-state index in [1.165, 1.54) is 0 Å². The van der Waals surface area contributed by atoms with Gasteiger partial charge in [0.1, 0.15) is 0 Å². The van der Waals surface area contributed by atoms with Gasteiger partial charge in [0.2, 0.25) is 5.91 Å². The van der Waals surface area contributed by atoms with E-state index in [9.17, 15) is 9.59 Å². The molecule has 1 aliphatic heterocycles.